The molecule has 0 atom stereocenters. The first kappa shape index (κ1) is 24.8. The molecule has 0 radical (unpaired) electrons. The molecule has 0 unspecified atom stereocenters. The van der Waals surface area contributed by atoms with Crippen LogP contribution in [0.1, 0.15) is 28.0 Å². The first-order valence-electron chi connectivity index (χ1n) is 10.7. The van der Waals surface area contributed by atoms with E-state index in [-0.39, 0.29) is 37.3 Å². The van der Waals surface area contributed by atoms with E-state index in [9.17, 15) is 19.2 Å². The number of anilines is 2. The molecule has 11 heteroatoms. The molecule has 5 N–H and O–H groups in total. The number of carbonyl (C=O) groups excluding carboxylic acids is 3. The van der Waals surface area contributed by atoms with Crippen molar-refractivity contribution in [3.05, 3.63) is 83.8 Å². The molecule has 0 aliphatic carbocycles. The second-order valence-electron chi connectivity index (χ2n) is 7.35. The molecule has 3 aromatic rings. The molecule has 0 spiro atoms. The van der Waals surface area contributed by atoms with Crippen molar-refractivity contribution in [1.29, 1.82) is 0 Å². The minimum absolute atomic E-state index is 0.100. The Balaban J connectivity index is 1.49. The molecule has 0 bridgehead atoms. The number of benzene rings is 1. The summed E-state index contributed by atoms with van der Waals surface area (Å²) in [6, 6.07) is 14.5. The molecule has 2 heterocycles. The van der Waals surface area contributed by atoms with Crippen LogP contribution in [0, 0.1) is 0 Å². The van der Waals surface area contributed by atoms with Crippen molar-refractivity contribution in [3.63, 3.8) is 0 Å². The number of hydrogen-bond donors (Lipinski definition) is 5. The van der Waals surface area contributed by atoms with E-state index in [2.05, 4.69) is 31.2 Å². The number of nitrogens with one attached hydrogen (secondary N) is 4. The minimum Gasteiger partial charge on any atom is -0.481 e. The van der Waals surface area contributed by atoms with Gasteiger partial charge in [0.05, 0.1) is 18.8 Å². The zero-order chi connectivity index (χ0) is 25.0. The molecule has 35 heavy (non-hydrogen) atoms. The molecule has 180 valence electrons. The minimum atomic E-state index is -0.958. The zero-order valence-electron chi connectivity index (χ0n) is 18.7. The van der Waals surface area contributed by atoms with Gasteiger partial charge in [0.2, 0.25) is 5.91 Å². The Hall–Kier alpha value is -4.80. The van der Waals surface area contributed by atoms with E-state index < -0.39 is 23.8 Å². The van der Waals surface area contributed by atoms with E-state index in [4.69, 9.17) is 5.11 Å². The number of carboxylic acid groups (broad SMARTS) is 1. The quantitative estimate of drug-likeness (QED) is 0.299. The standard InChI is InChI=1S/C24H24N6O5/c31-20(30-22-16(6-4-12-26-22)9-10-21(32)33)15-27-23(34)17-5-3-8-18(13-17)29-24(35)28-14-19-7-1-2-11-25-19/h1-8,11-13H,9-10,14-15H2,(H,27,34)(H,32,33)(H,26,30,31)(H2,28,29,35). The summed E-state index contributed by atoms with van der Waals surface area (Å²) in [5, 5.41) is 19.3. The summed E-state index contributed by atoms with van der Waals surface area (Å²) in [5.74, 6) is -1.74. The summed E-state index contributed by atoms with van der Waals surface area (Å²) in [5.41, 5.74) is 1.93. The number of rotatable bonds is 10. The first-order chi connectivity index (χ1) is 16.9. The van der Waals surface area contributed by atoms with Crippen molar-refractivity contribution in [2.24, 2.45) is 0 Å². The van der Waals surface area contributed by atoms with Crippen molar-refractivity contribution < 1.29 is 24.3 Å². The van der Waals surface area contributed by atoms with Crippen LogP contribution in [0.2, 0.25) is 0 Å². The van der Waals surface area contributed by atoms with Crippen LogP contribution in [0.5, 0.6) is 0 Å². The molecule has 0 aliphatic rings. The molecule has 0 fully saturated rings. The predicted molar refractivity (Wildman–Crippen MR) is 128 cm³/mol. The zero-order valence-corrected chi connectivity index (χ0v) is 18.7. The molecule has 3 rings (SSSR count). The van der Waals surface area contributed by atoms with Gasteiger partial charge in [-0.25, -0.2) is 9.78 Å². The van der Waals surface area contributed by atoms with E-state index in [0.29, 0.717) is 16.9 Å². The highest BCUT2D eigenvalue weighted by Gasteiger charge is 2.12. The summed E-state index contributed by atoms with van der Waals surface area (Å²) in [7, 11) is 0. The van der Waals surface area contributed by atoms with Gasteiger partial charge in [0.25, 0.3) is 5.91 Å². The molecule has 0 aliphatic heterocycles. The van der Waals surface area contributed by atoms with Gasteiger partial charge < -0.3 is 26.4 Å². The lowest BCUT2D eigenvalue weighted by Crippen LogP contribution is -2.33. The van der Waals surface area contributed by atoms with E-state index >= 15 is 0 Å². The van der Waals surface area contributed by atoms with Gasteiger partial charge in [-0.05, 0) is 48.4 Å². The largest absolute Gasteiger partial charge is 0.481 e. The highest BCUT2D eigenvalue weighted by molar-refractivity contribution is 6.00. The van der Waals surface area contributed by atoms with Crippen LogP contribution >= 0.6 is 0 Å². The van der Waals surface area contributed by atoms with Crippen LogP contribution in [0.25, 0.3) is 0 Å². The number of nitrogens with zero attached hydrogens (tertiary/aromatic N) is 2. The van der Waals surface area contributed by atoms with Crippen molar-refractivity contribution in [2.75, 3.05) is 17.2 Å². The second-order valence-corrected chi connectivity index (χ2v) is 7.35. The number of urea groups is 1. The van der Waals surface area contributed by atoms with Gasteiger partial charge in [-0.15, -0.1) is 0 Å². The predicted octanol–water partition coefficient (Wildman–Crippen LogP) is 2.18. The molecule has 2 aromatic heterocycles. The Morgan fingerprint density at radius 1 is 0.857 bits per heavy atom. The van der Waals surface area contributed by atoms with Crippen LogP contribution in [0.4, 0.5) is 16.3 Å². The van der Waals surface area contributed by atoms with Crippen molar-refractivity contribution in [3.8, 4) is 0 Å². The Kier molecular flexibility index (Phi) is 8.83. The van der Waals surface area contributed by atoms with Gasteiger partial charge in [0.1, 0.15) is 5.82 Å². The van der Waals surface area contributed by atoms with Crippen molar-refractivity contribution in [2.45, 2.75) is 19.4 Å². The number of carbonyl (C=O) groups is 4. The lowest BCUT2D eigenvalue weighted by atomic mass is 10.1. The number of pyridine rings is 2. The average molecular weight is 476 g/mol. The Bertz CT molecular complexity index is 1200. The topological polar surface area (TPSA) is 162 Å². The number of aromatic nitrogens is 2. The molecule has 11 nitrogen and oxygen atoms in total. The van der Waals surface area contributed by atoms with Gasteiger partial charge in [0.15, 0.2) is 0 Å². The fraction of sp³-hybridized carbons (Fsp3) is 0.167. The van der Waals surface area contributed by atoms with Gasteiger partial charge in [-0.2, -0.15) is 0 Å². The fourth-order valence-electron chi connectivity index (χ4n) is 3.02. The maximum Gasteiger partial charge on any atom is 0.319 e. The monoisotopic (exact) mass is 476 g/mol. The van der Waals surface area contributed by atoms with E-state index in [1.54, 1.807) is 48.7 Å². The normalized spacial score (nSPS) is 10.2. The van der Waals surface area contributed by atoms with Gasteiger partial charge >= 0.3 is 12.0 Å². The SMILES string of the molecule is O=C(O)CCc1cccnc1NC(=O)CNC(=O)c1cccc(NC(=O)NCc2ccccn2)c1. The second kappa shape index (κ2) is 12.4. The lowest BCUT2D eigenvalue weighted by Gasteiger charge is -2.11. The molecule has 1 aromatic carbocycles. The maximum absolute atomic E-state index is 12.5. The van der Waals surface area contributed by atoms with Crippen molar-refractivity contribution in [1.82, 2.24) is 20.6 Å². The smallest absolute Gasteiger partial charge is 0.319 e. The third kappa shape index (κ3) is 8.24. The lowest BCUT2D eigenvalue weighted by molar-refractivity contribution is -0.137. The molecule has 0 saturated heterocycles. The van der Waals surface area contributed by atoms with Gasteiger partial charge in [-0.1, -0.05) is 18.2 Å². The molecule has 0 saturated carbocycles. The number of amides is 4. The third-order valence-electron chi connectivity index (χ3n) is 4.71. The van der Waals surface area contributed by atoms with Crippen LogP contribution in [0.3, 0.4) is 0 Å². The van der Waals surface area contributed by atoms with E-state index in [0.717, 1.165) is 0 Å². The number of aliphatic carboxylic acids is 1. The Morgan fingerprint density at radius 2 is 1.69 bits per heavy atom. The summed E-state index contributed by atoms with van der Waals surface area (Å²) in [6.07, 6.45) is 3.21. The Labute approximate surface area is 201 Å². The highest BCUT2D eigenvalue weighted by Crippen LogP contribution is 2.14. The van der Waals surface area contributed by atoms with E-state index in [1.165, 1.54) is 12.3 Å². The highest BCUT2D eigenvalue weighted by atomic mass is 16.4. The summed E-state index contributed by atoms with van der Waals surface area (Å²) in [4.78, 5) is 55.9. The molecular formula is C24H24N6O5. The Morgan fingerprint density at radius 3 is 2.46 bits per heavy atom. The van der Waals surface area contributed by atoms with Gasteiger partial charge in [-0.3, -0.25) is 19.4 Å². The molecule has 4 amide bonds. The summed E-state index contributed by atoms with van der Waals surface area (Å²) >= 11 is 0. The first-order valence-corrected chi connectivity index (χ1v) is 10.7. The fourth-order valence-corrected chi connectivity index (χ4v) is 3.02. The summed E-state index contributed by atoms with van der Waals surface area (Å²) < 4.78 is 0. The van der Waals surface area contributed by atoms with E-state index in [1.807, 2.05) is 6.07 Å². The number of hydrogen-bond acceptors (Lipinski definition) is 6. The number of carboxylic acids is 1. The average Bonchev–Trinajstić information content (AvgIpc) is 2.86. The van der Waals surface area contributed by atoms with Crippen LogP contribution in [0.15, 0.2) is 67.0 Å². The number of aryl methyl sites for hydroxylation is 1. The molecular weight excluding hydrogens is 452 g/mol. The summed E-state index contributed by atoms with van der Waals surface area (Å²) in [6.45, 7) is -0.0771. The van der Waals surface area contributed by atoms with Crippen LogP contribution < -0.4 is 21.3 Å². The van der Waals surface area contributed by atoms with Crippen LogP contribution in [-0.4, -0.2) is 45.4 Å². The van der Waals surface area contributed by atoms with Crippen LogP contribution in [-0.2, 0) is 22.6 Å². The third-order valence-corrected chi connectivity index (χ3v) is 4.71. The van der Waals surface area contributed by atoms with Gasteiger partial charge in [0, 0.05) is 30.1 Å². The van der Waals surface area contributed by atoms with Crippen molar-refractivity contribution >= 4 is 35.3 Å². The maximum atomic E-state index is 12.5.